The summed E-state index contributed by atoms with van der Waals surface area (Å²) in [6.45, 7) is 3.20. The van der Waals surface area contributed by atoms with Crippen LogP contribution in [0.5, 0.6) is 5.75 Å². The predicted octanol–water partition coefficient (Wildman–Crippen LogP) is 2.85. The molecule has 0 spiro atoms. The Kier molecular flexibility index (Phi) is 5.03. The van der Waals surface area contributed by atoms with E-state index in [1.54, 1.807) is 6.07 Å². The zero-order valence-corrected chi connectivity index (χ0v) is 10.2. The summed E-state index contributed by atoms with van der Waals surface area (Å²) < 4.78 is 18.1. The Hall–Kier alpha value is -0.800. The van der Waals surface area contributed by atoms with Crippen molar-refractivity contribution in [1.82, 2.24) is 4.90 Å². The topological polar surface area (TPSA) is 12.5 Å². The van der Waals surface area contributed by atoms with E-state index in [0.717, 1.165) is 25.2 Å². The van der Waals surface area contributed by atoms with Gasteiger partial charge in [-0.25, -0.2) is 4.39 Å². The fraction of sp³-hybridized carbons (Fsp3) is 0.500. The maximum Gasteiger partial charge on any atom is 0.165 e. The third-order valence-electron chi connectivity index (χ3n) is 2.82. The molecule has 0 unspecified atom stereocenters. The number of hydrogen-bond acceptors (Lipinski definition) is 2. The van der Waals surface area contributed by atoms with Crippen molar-refractivity contribution < 1.29 is 9.13 Å². The van der Waals surface area contributed by atoms with Gasteiger partial charge in [-0.15, -0.1) is 12.4 Å². The van der Waals surface area contributed by atoms with E-state index in [-0.39, 0.29) is 18.2 Å². The van der Waals surface area contributed by atoms with Crippen LogP contribution in [0.15, 0.2) is 18.2 Å². The van der Waals surface area contributed by atoms with Gasteiger partial charge in [-0.05, 0) is 43.6 Å². The molecule has 2 rings (SSSR count). The monoisotopic (exact) mass is 245 g/mol. The van der Waals surface area contributed by atoms with Crippen LogP contribution in [-0.4, -0.2) is 25.1 Å². The fourth-order valence-electron chi connectivity index (χ4n) is 2.00. The van der Waals surface area contributed by atoms with E-state index in [4.69, 9.17) is 4.74 Å². The molecule has 0 saturated carbocycles. The second kappa shape index (κ2) is 6.06. The van der Waals surface area contributed by atoms with Gasteiger partial charge in [0.2, 0.25) is 0 Å². The minimum Gasteiger partial charge on any atom is -0.494 e. The molecule has 2 nitrogen and oxygen atoms in total. The average molecular weight is 246 g/mol. The van der Waals surface area contributed by atoms with Crippen LogP contribution in [0.1, 0.15) is 18.4 Å². The van der Waals surface area contributed by atoms with Gasteiger partial charge in [0.1, 0.15) is 0 Å². The number of ether oxygens (including phenoxy) is 1. The van der Waals surface area contributed by atoms with Crippen molar-refractivity contribution in [3.05, 3.63) is 29.6 Å². The molecule has 0 aliphatic carbocycles. The van der Waals surface area contributed by atoms with Gasteiger partial charge < -0.3 is 4.74 Å². The van der Waals surface area contributed by atoms with Crippen LogP contribution >= 0.6 is 12.4 Å². The number of halogens is 2. The number of benzene rings is 1. The zero-order chi connectivity index (χ0) is 10.7. The average Bonchev–Trinajstić information content (AvgIpc) is 2.73. The standard InChI is InChI=1S/C12H16FNO.ClH/c1-15-12-8-10(4-5-11(12)13)9-14-6-2-3-7-14;/h4-5,8H,2-3,6-7,9H2,1H3;1H. The van der Waals surface area contributed by atoms with Gasteiger partial charge in [0.15, 0.2) is 11.6 Å². The van der Waals surface area contributed by atoms with Crippen LogP contribution in [0, 0.1) is 5.82 Å². The second-order valence-electron chi connectivity index (χ2n) is 3.95. The van der Waals surface area contributed by atoms with Crippen LogP contribution in [-0.2, 0) is 6.54 Å². The summed E-state index contributed by atoms with van der Waals surface area (Å²) in [5.41, 5.74) is 1.12. The van der Waals surface area contributed by atoms with Crippen LogP contribution < -0.4 is 4.74 Å². The van der Waals surface area contributed by atoms with Gasteiger partial charge >= 0.3 is 0 Å². The lowest BCUT2D eigenvalue weighted by Gasteiger charge is -2.15. The molecule has 1 aliphatic heterocycles. The number of rotatable bonds is 3. The first-order valence-corrected chi connectivity index (χ1v) is 5.34. The van der Waals surface area contributed by atoms with E-state index in [2.05, 4.69) is 4.90 Å². The Bertz CT molecular complexity index is 340. The maximum atomic E-state index is 13.1. The highest BCUT2D eigenvalue weighted by Gasteiger charge is 2.12. The van der Waals surface area contributed by atoms with Crippen LogP contribution in [0.3, 0.4) is 0 Å². The molecule has 0 radical (unpaired) electrons. The zero-order valence-electron chi connectivity index (χ0n) is 9.41. The van der Waals surface area contributed by atoms with Crippen LogP contribution in [0.2, 0.25) is 0 Å². The third-order valence-corrected chi connectivity index (χ3v) is 2.82. The lowest BCUT2D eigenvalue weighted by molar-refractivity contribution is 0.329. The largest absolute Gasteiger partial charge is 0.494 e. The Balaban J connectivity index is 0.00000128. The first kappa shape index (κ1) is 13.3. The van der Waals surface area contributed by atoms with E-state index in [0.29, 0.717) is 5.75 Å². The molecule has 0 aromatic heterocycles. The van der Waals surface area contributed by atoms with Crippen molar-refractivity contribution in [3.8, 4) is 5.75 Å². The SMILES string of the molecule is COc1cc(CN2CCCC2)ccc1F.Cl. The number of likely N-dealkylation sites (tertiary alicyclic amines) is 1. The summed E-state index contributed by atoms with van der Waals surface area (Å²) in [5.74, 6) is 0.0503. The molecule has 1 aromatic carbocycles. The van der Waals surface area contributed by atoms with E-state index in [1.165, 1.54) is 26.0 Å². The number of nitrogens with zero attached hydrogens (tertiary/aromatic N) is 1. The smallest absolute Gasteiger partial charge is 0.165 e. The normalized spacial score (nSPS) is 15.9. The number of methoxy groups -OCH3 is 1. The Morgan fingerprint density at radius 3 is 2.62 bits per heavy atom. The molecule has 0 atom stereocenters. The maximum absolute atomic E-state index is 13.1. The molecule has 1 saturated heterocycles. The van der Waals surface area contributed by atoms with Gasteiger partial charge in [0.25, 0.3) is 0 Å². The lowest BCUT2D eigenvalue weighted by Crippen LogP contribution is -2.18. The minimum atomic E-state index is -0.289. The summed E-state index contributed by atoms with van der Waals surface area (Å²) in [6, 6.07) is 5.09. The summed E-state index contributed by atoms with van der Waals surface area (Å²) in [5, 5.41) is 0. The molecule has 1 aromatic rings. The molecule has 16 heavy (non-hydrogen) atoms. The molecule has 0 bridgehead atoms. The van der Waals surface area contributed by atoms with Crippen molar-refractivity contribution in [2.75, 3.05) is 20.2 Å². The Morgan fingerprint density at radius 1 is 1.31 bits per heavy atom. The second-order valence-corrected chi connectivity index (χ2v) is 3.95. The summed E-state index contributed by atoms with van der Waals surface area (Å²) in [6.07, 6.45) is 2.55. The van der Waals surface area contributed by atoms with Crippen molar-refractivity contribution in [3.63, 3.8) is 0 Å². The first-order valence-electron chi connectivity index (χ1n) is 5.34. The molecule has 4 heteroatoms. The van der Waals surface area contributed by atoms with Gasteiger partial charge in [-0.2, -0.15) is 0 Å². The molecular formula is C12H17ClFNO. The predicted molar refractivity (Wildman–Crippen MR) is 64.7 cm³/mol. The minimum absolute atomic E-state index is 0. The molecule has 1 fully saturated rings. The van der Waals surface area contributed by atoms with Crippen LogP contribution in [0.4, 0.5) is 4.39 Å². The lowest BCUT2D eigenvalue weighted by atomic mass is 10.2. The van der Waals surface area contributed by atoms with Crippen molar-refractivity contribution in [2.24, 2.45) is 0 Å². The van der Waals surface area contributed by atoms with Gasteiger partial charge in [0, 0.05) is 6.54 Å². The van der Waals surface area contributed by atoms with E-state index < -0.39 is 0 Å². The van der Waals surface area contributed by atoms with Crippen molar-refractivity contribution in [2.45, 2.75) is 19.4 Å². The fourth-order valence-corrected chi connectivity index (χ4v) is 2.00. The first-order chi connectivity index (χ1) is 7.29. The highest BCUT2D eigenvalue weighted by atomic mass is 35.5. The molecule has 1 heterocycles. The van der Waals surface area contributed by atoms with Crippen LogP contribution in [0.25, 0.3) is 0 Å². The summed E-state index contributed by atoms with van der Waals surface area (Å²) >= 11 is 0. The Labute approximate surface area is 102 Å². The highest BCUT2D eigenvalue weighted by Crippen LogP contribution is 2.20. The molecule has 90 valence electrons. The molecule has 0 amide bonds. The highest BCUT2D eigenvalue weighted by molar-refractivity contribution is 5.85. The summed E-state index contributed by atoms with van der Waals surface area (Å²) in [7, 11) is 1.50. The van der Waals surface area contributed by atoms with E-state index >= 15 is 0 Å². The molecular weight excluding hydrogens is 229 g/mol. The number of hydrogen-bond donors (Lipinski definition) is 0. The van der Waals surface area contributed by atoms with Gasteiger partial charge in [-0.3, -0.25) is 4.90 Å². The Morgan fingerprint density at radius 2 is 2.00 bits per heavy atom. The van der Waals surface area contributed by atoms with Crippen molar-refractivity contribution >= 4 is 12.4 Å². The third kappa shape index (κ3) is 3.09. The molecule has 0 N–H and O–H groups in total. The quantitative estimate of drug-likeness (QED) is 0.812. The molecule has 1 aliphatic rings. The van der Waals surface area contributed by atoms with Crippen molar-refractivity contribution in [1.29, 1.82) is 0 Å². The van der Waals surface area contributed by atoms with E-state index in [9.17, 15) is 4.39 Å². The van der Waals surface area contributed by atoms with Gasteiger partial charge in [-0.1, -0.05) is 6.07 Å². The van der Waals surface area contributed by atoms with Gasteiger partial charge in [0.05, 0.1) is 7.11 Å². The summed E-state index contributed by atoms with van der Waals surface area (Å²) in [4.78, 5) is 2.38. The van der Waals surface area contributed by atoms with E-state index in [1.807, 2.05) is 6.07 Å².